The molecule has 0 bridgehead atoms. The second-order valence-corrected chi connectivity index (χ2v) is 9.91. The summed E-state index contributed by atoms with van der Waals surface area (Å²) in [6.07, 6.45) is 4.14. The number of para-hydroxylation sites is 1. The van der Waals surface area contributed by atoms with Crippen molar-refractivity contribution in [2.75, 3.05) is 35.5 Å². The van der Waals surface area contributed by atoms with Crippen LogP contribution in [0.3, 0.4) is 0 Å². The van der Waals surface area contributed by atoms with Gasteiger partial charge in [-0.05, 0) is 62.4 Å². The molecule has 0 atom stereocenters. The van der Waals surface area contributed by atoms with Gasteiger partial charge in [0.2, 0.25) is 15.9 Å². The molecule has 0 saturated carbocycles. The molecule has 0 aromatic heterocycles. The smallest absolute Gasteiger partial charge is 0.255 e. The van der Waals surface area contributed by atoms with Gasteiger partial charge >= 0.3 is 0 Å². The summed E-state index contributed by atoms with van der Waals surface area (Å²) in [5, 5.41) is 2.74. The molecule has 1 heterocycles. The Morgan fingerprint density at radius 1 is 1.03 bits per heavy atom. The standard InChI is InChI=1S/C23H29N3O4S/c1-17-11-12-18(2)21(15-17)26(31(3,29)30)16-22(27)24-20-10-6-5-9-19(20)23(28)25-13-7-4-8-14-25/h5-6,9-12,15H,4,7-8,13-14,16H2,1-3H3,(H,24,27). The van der Waals surface area contributed by atoms with E-state index < -0.39 is 15.9 Å². The maximum Gasteiger partial charge on any atom is 0.255 e. The second kappa shape index (κ2) is 9.51. The summed E-state index contributed by atoms with van der Waals surface area (Å²) in [4.78, 5) is 27.6. The number of amides is 2. The molecule has 1 aliphatic heterocycles. The van der Waals surface area contributed by atoms with E-state index in [-0.39, 0.29) is 12.5 Å². The lowest BCUT2D eigenvalue weighted by Crippen LogP contribution is -2.39. The van der Waals surface area contributed by atoms with Crippen LogP contribution in [0.1, 0.15) is 40.7 Å². The number of aryl methyl sites for hydroxylation is 2. The van der Waals surface area contributed by atoms with E-state index in [1.165, 1.54) is 0 Å². The van der Waals surface area contributed by atoms with E-state index in [0.29, 0.717) is 30.0 Å². The lowest BCUT2D eigenvalue weighted by Gasteiger charge is -2.28. The molecule has 1 aliphatic rings. The zero-order chi connectivity index (χ0) is 22.6. The van der Waals surface area contributed by atoms with Crippen LogP contribution in [0.5, 0.6) is 0 Å². The number of rotatable bonds is 6. The van der Waals surface area contributed by atoms with Crippen LogP contribution in [0.15, 0.2) is 42.5 Å². The third-order valence-electron chi connectivity index (χ3n) is 5.40. The highest BCUT2D eigenvalue weighted by Gasteiger charge is 2.25. The normalized spacial score (nSPS) is 14.2. The highest BCUT2D eigenvalue weighted by atomic mass is 32.2. The van der Waals surface area contributed by atoms with Gasteiger partial charge in [-0.2, -0.15) is 0 Å². The first-order valence-electron chi connectivity index (χ1n) is 10.4. The van der Waals surface area contributed by atoms with Gasteiger partial charge in [0.1, 0.15) is 6.54 Å². The summed E-state index contributed by atoms with van der Waals surface area (Å²) in [5.74, 6) is -0.629. The molecule has 166 valence electrons. The van der Waals surface area contributed by atoms with E-state index in [9.17, 15) is 18.0 Å². The molecule has 3 rings (SSSR count). The number of nitrogens with one attached hydrogen (secondary N) is 1. The van der Waals surface area contributed by atoms with Gasteiger partial charge in [0.05, 0.1) is 23.2 Å². The molecule has 2 aromatic carbocycles. The zero-order valence-electron chi connectivity index (χ0n) is 18.2. The molecule has 7 nitrogen and oxygen atoms in total. The fourth-order valence-corrected chi connectivity index (χ4v) is 4.64. The Morgan fingerprint density at radius 2 is 1.71 bits per heavy atom. The Hall–Kier alpha value is -2.87. The molecule has 0 unspecified atom stereocenters. The van der Waals surface area contributed by atoms with Crippen LogP contribution in [-0.2, 0) is 14.8 Å². The van der Waals surface area contributed by atoms with Crippen LogP contribution in [-0.4, -0.2) is 51.0 Å². The number of nitrogens with zero attached hydrogens (tertiary/aromatic N) is 2. The average Bonchev–Trinajstić information content (AvgIpc) is 2.74. The number of likely N-dealkylation sites (tertiary alicyclic amines) is 1. The average molecular weight is 444 g/mol. The molecule has 8 heteroatoms. The predicted octanol–water partition coefficient (Wildman–Crippen LogP) is 3.33. The summed E-state index contributed by atoms with van der Waals surface area (Å²) >= 11 is 0. The Kier molecular flexibility index (Phi) is 7.00. The number of carbonyl (C=O) groups excluding carboxylic acids is 2. The summed E-state index contributed by atoms with van der Waals surface area (Å²) in [6.45, 7) is 4.70. The molecule has 1 saturated heterocycles. The van der Waals surface area contributed by atoms with Crippen molar-refractivity contribution in [1.29, 1.82) is 0 Å². The Balaban J connectivity index is 1.82. The summed E-state index contributed by atoms with van der Waals surface area (Å²) < 4.78 is 26.0. The van der Waals surface area contributed by atoms with Crippen LogP contribution in [0.25, 0.3) is 0 Å². The van der Waals surface area contributed by atoms with E-state index >= 15 is 0 Å². The fraction of sp³-hybridized carbons (Fsp3) is 0.391. The number of carbonyl (C=O) groups is 2. The van der Waals surface area contributed by atoms with E-state index in [0.717, 1.165) is 41.0 Å². The first-order valence-corrected chi connectivity index (χ1v) is 12.2. The Bertz CT molecular complexity index is 1080. The van der Waals surface area contributed by atoms with Crippen molar-refractivity contribution < 1.29 is 18.0 Å². The number of hydrogen-bond acceptors (Lipinski definition) is 4. The quantitative estimate of drug-likeness (QED) is 0.742. The molecule has 0 radical (unpaired) electrons. The fourth-order valence-electron chi connectivity index (χ4n) is 3.74. The van der Waals surface area contributed by atoms with Crippen LogP contribution in [0.4, 0.5) is 11.4 Å². The maximum atomic E-state index is 13.0. The van der Waals surface area contributed by atoms with E-state index in [4.69, 9.17) is 0 Å². The number of benzene rings is 2. The van der Waals surface area contributed by atoms with Crippen molar-refractivity contribution in [2.24, 2.45) is 0 Å². The van der Waals surface area contributed by atoms with Gasteiger partial charge in [-0.1, -0.05) is 24.3 Å². The van der Waals surface area contributed by atoms with Crippen molar-refractivity contribution in [1.82, 2.24) is 4.90 Å². The highest BCUT2D eigenvalue weighted by Crippen LogP contribution is 2.25. The monoisotopic (exact) mass is 443 g/mol. The van der Waals surface area contributed by atoms with Gasteiger partial charge in [0.15, 0.2) is 0 Å². The highest BCUT2D eigenvalue weighted by molar-refractivity contribution is 7.92. The first kappa shape index (κ1) is 22.8. The molecule has 2 amide bonds. The van der Waals surface area contributed by atoms with Crippen molar-refractivity contribution in [3.63, 3.8) is 0 Å². The van der Waals surface area contributed by atoms with Crippen molar-refractivity contribution in [3.05, 3.63) is 59.2 Å². The number of sulfonamides is 1. The minimum Gasteiger partial charge on any atom is -0.339 e. The van der Waals surface area contributed by atoms with E-state index in [1.807, 2.05) is 19.1 Å². The minimum atomic E-state index is -3.69. The lowest BCUT2D eigenvalue weighted by molar-refractivity contribution is -0.114. The minimum absolute atomic E-state index is 0.120. The summed E-state index contributed by atoms with van der Waals surface area (Å²) in [5.41, 5.74) is 2.92. The third kappa shape index (κ3) is 5.64. The molecule has 0 aliphatic carbocycles. The first-order chi connectivity index (χ1) is 14.7. The maximum absolute atomic E-state index is 13.0. The molecular formula is C23H29N3O4S. The SMILES string of the molecule is Cc1ccc(C)c(N(CC(=O)Nc2ccccc2C(=O)N2CCCCC2)S(C)(=O)=O)c1. The van der Waals surface area contributed by atoms with Gasteiger partial charge in [-0.3, -0.25) is 13.9 Å². The molecule has 1 N–H and O–H groups in total. The van der Waals surface area contributed by atoms with Crippen LogP contribution < -0.4 is 9.62 Å². The third-order valence-corrected chi connectivity index (χ3v) is 6.52. The van der Waals surface area contributed by atoms with Gasteiger partial charge in [0.25, 0.3) is 5.91 Å². The van der Waals surface area contributed by atoms with Crippen LogP contribution in [0, 0.1) is 13.8 Å². The second-order valence-electron chi connectivity index (χ2n) is 8.01. The number of anilines is 2. The van der Waals surface area contributed by atoms with Gasteiger partial charge < -0.3 is 10.2 Å². The zero-order valence-corrected chi connectivity index (χ0v) is 19.0. The van der Waals surface area contributed by atoms with Gasteiger partial charge in [-0.25, -0.2) is 8.42 Å². The summed E-state index contributed by atoms with van der Waals surface area (Å²) in [6, 6.07) is 12.3. The predicted molar refractivity (Wildman–Crippen MR) is 123 cm³/mol. The lowest BCUT2D eigenvalue weighted by atomic mass is 10.1. The van der Waals surface area contributed by atoms with E-state index in [2.05, 4.69) is 5.32 Å². The van der Waals surface area contributed by atoms with Gasteiger partial charge in [0, 0.05) is 13.1 Å². The molecule has 31 heavy (non-hydrogen) atoms. The summed E-state index contributed by atoms with van der Waals surface area (Å²) in [7, 11) is -3.69. The van der Waals surface area contributed by atoms with E-state index in [1.54, 1.807) is 42.2 Å². The Morgan fingerprint density at radius 3 is 2.39 bits per heavy atom. The van der Waals surface area contributed by atoms with Crippen LogP contribution >= 0.6 is 0 Å². The number of piperidine rings is 1. The largest absolute Gasteiger partial charge is 0.339 e. The Labute approximate surface area is 184 Å². The van der Waals surface area contributed by atoms with Gasteiger partial charge in [-0.15, -0.1) is 0 Å². The molecule has 2 aromatic rings. The van der Waals surface area contributed by atoms with Crippen molar-refractivity contribution in [3.8, 4) is 0 Å². The molecule has 1 fully saturated rings. The number of hydrogen-bond donors (Lipinski definition) is 1. The van der Waals surface area contributed by atoms with Crippen LogP contribution in [0.2, 0.25) is 0 Å². The van der Waals surface area contributed by atoms with Crippen molar-refractivity contribution in [2.45, 2.75) is 33.1 Å². The molecule has 0 spiro atoms. The topological polar surface area (TPSA) is 86.8 Å². The van der Waals surface area contributed by atoms with Crippen molar-refractivity contribution >= 4 is 33.2 Å². The molecular weight excluding hydrogens is 414 g/mol.